The standard InChI is InChI=1S/C15H20N4O/c1-12-15(18-9-7-16-8-10-18)11-17-19(12)13-3-5-14(20-2)6-4-13/h3-6,11,16H,7-10H2,1-2H3. The number of hydrogen-bond acceptors (Lipinski definition) is 4. The Morgan fingerprint density at radius 1 is 1.15 bits per heavy atom. The van der Waals surface area contributed by atoms with Gasteiger partial charge in [-0.05, 0) is 31.2 Å². The second kappa shape index (κ2) is 5.54. The quantitative estimate of drug-likeness (QED) is 0.921. The number of methoxy groups -OCH3 is 1. The first-order chi connectivity index (χ1) is 9.79. The molecule has 1 saturated heterocycles. The van der Waals surface area contributed by atoms with Gasteiger partial charge in [0.2, 0.25) is 0 Å². The average Bonchev–Trinajstić information content (AvgIpc) is 2.90. The first kappa shape index (κ1) is 13.0. The third kappa shape index (κ3) is 2.36. The third-order valence-corrected chi connectivity index (χ3v) is 3.76. The Labute approximate surface area is 119 Å². The number of nitrogens with one attached hydrogen (secondary N) is 1. The van der Waals surface area contributed by atoms with Crippen LogP contribution in [0, 0.1) is 6.92 Å². The maximum Gasteiger partial charge on any atom is 0.119 e. The molecular weight excluding hydrogens is 252 g/mol. The molecule has 0 saturated carbocycles. The second-order valence-corrected chi connectivity index (χ2v) is 4.96. The van der Waals surface area contributed by atoms with Crippen LogP contribution in [-0.2, 0) is 0 Å². The van der Waals surface area contributed by atoms with E-state index in [1.165, 1.54) is 11.4 Å². The topological polar surface area (TPSA) is 42.3 Å². The molecule has 2 aromatic rings. The Balaban J connectivity index is 1.88. The molecule has 20 heavy (non-hydrogen) atoms. The summed E-state index contributed by atoms with van der Waals surface area (Å²) in [6.07, 6.45) is 1.96. The highest BCUT2D eigenvalue weighted by Crippen LogP contribution is 2.23. The molecule has 5 nitrogen and oxygen atoms in total. The molecule has 1 aliphatic rings. The van der Waals surface area contributed by atoms with Crippen molar-refractivity contribution in [2.75, 3.05) is 38.2 Å². The van der Waals surface area contributed by atoms with Crippen LogP contribution in [0.15, 0.2) is 30.5 Å². The smallest absolute Gasteiger partial charge is 0.119 e. The molecule has 5 heteroatoms. The number of nitrogens with zero attached hydrogens (tertiary/aromatic N) is 3. The molecule has 1 aliphatic heterocycles. The SMILES string of the molecule is COc1ccc(-n2ncc(N3CCNCC3)c2C)cc1. The lowest BCUT2D eigenvalue weighted by Crippen LogP contribution is -2.43. The molecule has 3 rings (SSSR count). The maximum absolute atomic E-state index is 5.19. The van der Waals surface area contributed by atoms with Gasteiger partial charge >= 0.3 is 0 Å². The summed E-state index contributed by atoms with van der Waals surface area (Å²) in [5.74, 6) is 0.862. The van der Waals surface area contributed by atoms with E-state index in [9.17, 15) is 0 Å². The first-order valence-corrected chi connectivity index (χ1v) is 6.94. The predicted octanol–water partition coefficient (Wildman–Crippen LogP) is 1.60. The highest BCUT2D eigenvalue weighted by molar-refractivity contribution is 5.52. The minimum atomic E-state index is 0.862. The van der Waals surface area contributed by atoms with Gasteiger partial charge in [-0.2, -0.15) is 5.10 Å². The van der Waals surface area contributed by atoms with E-state index < -0.39 is 0 Å². The van der Waals surface area contributed by atoms with Gasteiger partial charge in [-0.1, -0.05) is 0 Å². The van der Waals surface area contributed by atoms with Crippen molar-refractivity contribution in [2.24, 2.45) is 0 Å². The molecule has 1 aromatic heterocycles. The molecule has 1 N–H and O–H groups in total. The Morgan fingerprint density at radius 2 is 1.85 bits per heavy atom. The van der Waals surface area contributed by atoms with Gasteiger partial charge in [0.05, 0.1) is 30.4 Å². The lowest BCUT2D eigenvalue weighted by Gasteiger charge is -2.28. The average molecular weight is 272 g/mol. The number of benzene rings is 1. The molecular formula is C15H20N4O. The summed E-state index contributed by atoms with van der Waals surface area (Å²) in [4.78, 5) is 2.39. The van der Waals surface area contributed by atoms with E-state index in [2.05, 4.69) is 22.2 Å². The van der Waals surface area contributed by atoms with Crippen molar-refractivity contribution in [1.82, 2.24) is 15.1 Å². The highest BCUT2D eigenvalue weighted by Gasteiger charge is 2.16. The Morgan fingerprint density at radius 3 is 2.50 bits per heavy atom. The Kier molecular flexibility index (Phi) is 3.60. The molecule has 1 fully saturated rings. The van der Waals surface area contributed by atoms with Crippen LogP contribution in [-0.4, -0.2) is 43.1 Å². The normalized spacial score (nSPS) is 15.4. The van der Waals surface area contributed by atoms with Crippen molar-refractivity contribution in [2.45, 2.75) is 6.92 Å². The monoisotopic (exact) mass is 272 g/mol. The van der Waals surface area contributed by atoms with Crippen LogP contribution < -0.4 is 15.0 Å². The van der Waals surface area contributed by atoms with E-state index in [0.29, 0.717) is 0 Å². The van der Waals surface area contributed by atoms with Crippen molar-refractivity contribution in [3.8, 4) is 11.4 Å². The van der Waals surface area contributed by atoms with Gasteiger partial charge in [0, 0.05) is 26.2 Å². The molecule has 0 aliphatic carbocycles. The third-order valence-electron chi connectivity index (χ3n) is 3.76. The number of rotatable bonds is 3. The van der Waals surface area contributed by atoms with Crippen molar-refractivity contribution >= 4 is 5.69 Å². The van der Waals surface area contributed by atoms with Crippen LogP contribution in [0.1, 0.15) is 5.69 Å². The summed E-state index contributed by atoms with van der Waals surface area (Å²) in [5.41, 5.74) is 3.46. The van der Waals surface area contributed by atoms with Crippen LogP contribution in [0.5, 0.6) is 5.75 Å². The van der Waals surface area contributed by atoms with Crippen molar-refractivity contribution in [3.05, 3.63) is 36.2 Å². The number of hydrogen-bond donors (Lipinski definition) is 1. The fourth-order valence-corrected chi connectivity index (χ4v) is 2.60. The molecule has 0 radical (unpaired) electrons. The van der Waals surface area contributed by atoms with Crippen LogP contribution in [0.4, 0.5) is 5.69 Å². The van der Waals surface area contributed by atoms with Crippen molar-refractivity contribution < 1.29 is 4.74 Å². The van der Waals surface area contributed by atoms with Crippen LogP contribution in [0.3, 0.4) is 0 Å². The summed E-state index contributed by atoms with van der Waals surface area (Å²) in [6.45, 7) is 6.26. The summed E-state index contributed by atoms with van der Waals surface area (Å²) in [7, 11) is 1.68. The number of ether oxygens (including phenoxy) is 1. The predicted molar refractivity (Wildman–Crippen MR) is 79.9 cm³/mol. The zero-order valence-electron chi connectivity index (χ0n) is 12.0. The van der Waals surface area contributed by atoms with E-state index in [-0.39, 0.29) is 0 Å². The number of piperazine rings is 1. The fraction of sp³-hybridized carbons (Fsp3) is 0.400. The van der Waals surface area contributed by atoms with Gasteiger partial charge in [-0.25, -0.2) is 4.68 Å². The van der Waals surface area contributed by atoms with Gasteiger partial charge in [0.15, 0.2) is 0 Å². The minimum Gasteiger partial charge on any atom is -0.497 e. The number of anilines is 1. The molecule has 0 atom stereocenters. The number of aromatic nitrogens is 2. The summed E-state index contributed by atoms with van der Waals surface area (Å²) >= 11 is 0. The first-order valence-electron chi connectivity index (χ1n) is 6.94. The second-order valence-electron chi connectivity index (χ2n) is 4.96. The molecule has 0 amide bonds. The van der Waals surface area contributed by atoms with Gasteiger partial charge < -0.3 is 15.0 Å². The van der Waals surface area contributed by atoms with Crippen molar-refractivity contribution in [1.29, 1.82) is 0 Å². The molecule has 0 spiro atoms. The lowest BCUT2D eigenvalue weighted by molar-refractivity contribution is 0.414. The molecule has 2 heterocycles. The zero-order valence-corrected chi connectivity index (χ0v) is 12.0. The van der Waals surface area contributed by atoms with E-state index in [4.69, 9.17) is 4.74 Å². The lowest BCUT2D eigenvalue weighted by atomic mass is 10.2. The van der Waals surface area contributed by atoms with Gasteiger partial charge in [0.25, 0.3) is 0 Å². The van der Waals surface area contributed by atoms with Gasteiger partial charge in [0.1, 0.15) is 5.75 Å². The molecule has 0 bridgehead atoms. The Bertz CT molecular complexity index is 570. The summed E-state index contributed by atoms with van der Waals surface area (Å²) in [6, 6.07) is 7.97. The summed E-state index contributed by atoms with van der Waals surface area (Å²) < 4.78 is 7.17. The Hall–Kier alpha value is -2.01. The molecule has 0 unspecified atom stereocenters. The minimum absolute atomic E-state index is 0.862. The zero-order chi connectivity index (χ0) is 13.9. The molecule has 106 valence electrons. The van der Waals surface area contributed by atoms with E-state index >= 15 is 0 Å². The fourth-order valence-electron chi connectivity index (χ4n) is 2.60. The molecule has 1 aromatic carbocycles. The van der Waals surface area contributed by atoms with Gasteiger partial charge in [-0.15, -0.1) is 0 Å². The largest absolute Gasteiger partial charge is 0.497 e. The van der Waals surface area contributed by atoms with E-state index in [1.54, 1.807) is 7.11 Å². The van der Waals surface area contributed by atoms with Crippen LogP contribution >= 0.6 is 0 Å². The van der Waals surface area contributed by atoms with E-state index in [1.807, 2.05) is 35.1 Å². The van der Waals surface area contributed by atoms with E-state index in [0.717, 1.165) is 37.6 Å². The van der Waals surface area contributed by atoms with Crippen LogP contribution in [0.25, 0.3) is 5.69 Å². The maximum atomic E-state index is 5.19. The van der Waals surface area contributed by atoms with Crippen LogP contribution in [0.2, 0.25) is 0 Å². The van der Waals surface area contributed by atoms with Crippen molar-refractivity contribution in [3.63, 3.8) is 0 Å². The highest BCUT2D eigenvalue weighted by atomic mass is 16.5. The summed E-state index contributed by atoms with van der Waals surface area (Å²) in [5, 5.41) is 7.90. The van der Waals surface area contributed by atoms with Gasteiger partial charge in [-0.3, -0.25) is 0 Å².